The first-order valence-electron chi connectivity index (χ1n) is 9.71. The number of nitrogens with two attached hydrogens (primary N) is 1. The highest BCUT2D eigenvalue weighted by molar-refractivity contribution is 7.18. The van der Waals surface area contributed by atoms with Crippen LogP contribution in [0.2, 0.25) is 0 Å². The van der Waals surface area contributed by atoms with Crippen molar-refractivity contribution >= 4 is 56.0 Å². The summed E-state index contributed by atoms with van der Waals surface area (Å²) in [6, 6.07) is 14.9. The Bertz CT molecular complexity index is 1410. The molecule has 0 aliphatic heterocycles. The molecule has 32 heavy (non-hydrogen) atoms. The van der Waals surface area contributed by atoms with Gasteiger partial charge >= 0.3 is 6.03 Å². The predicted octanol–water partition coefficient (Wildman–Crippen LogP) is 7.06. The minimum absolute atomic E-state index is 0.383. The summed E-state index contributed by atoms with van der Waals surface area (Å²) in [5.41, 5.74) is 11.4. The molecule has 0 unspecified atom stereocenters. The van der Waals surface area contributed by atoms with E-state index in [4.69, 9.17) is 5.73 Å². The minimum Gasteiger partial charge on any atom is -0.383 e. The number of nitrogens with one attached hydrogen (secondary N) is 2. The second-order valence-electron chi connectivity index (χ2n) is 7.09. The van der Waals surface area contributed by atoms with Crippen molar-refractivity contribution in [1.82, 2.24) is 4.98 Å². The Kier molecular flexibility index (Phi) is 5.30. The molecule has 2 aromatic carbocycles. The summed E-state index contributed by atoms with van der Waals surface area (Å²) in [5, 5.41) is 12.5. The molecule has 3 aromatic heterocycles. The number of urea groups is 1. The molecule has 0 aliphatic carbocycles. The number of nitrogens with zero attached hydrogens (tertiary/aromatic N) is 1. The van der Waals surface area contributed by atoms with Crippen molar-refractivity contribution in [3.05, 3.63) is 82.8 Å². The van der Waals surface area contributed by atoms with Crippen LogP contribution in [0.5, 0.6) is 0 Å². The van der Waals surface area contributed by atoms with Gasteiger partial charge in [-0.3, -0.25) is 0 Å². The Morgan fingerprint density at radius 2 is 1.75 bits per heavy atom. The lowest BCUT2D eigenvalue weighted by Gasteiger charge is -2.09. The Labute approximate surface area is 191 Å². The Morgan fingerprint density at radius 3 is 2.50 bits per heavy atom. The molecule has 5 rings (SSSR count). The number of anilines is 3. The zero-order valence-electron chi connectivity index (χ0n) is 16.6. The van der Waals surface area contributed by atoms with Gasteiger partial charge in [-0.2, -0.15) is 11.3 Å². The van der Waals surface area contributed by atoms with Crippen molar-refractivity contribution in [2.75, 3.05) is 16.4 Å². The normalized spacial score (nSPS) is 10.9. The molecular weight excluding hydrogens is 443 g/mol. The average molecular weight is 461 g/mol. The van der Waals surface area contributed by atoms with Crippen LogP contribution in [0.15, 0.2) is 76.9 Å². The summed E-state index contributed by atoms with van der Waals surface area (Å²) >= 11 is 3.28. The molecule has 0 aliphatic rings. The van der Waals surface area contributed by atoms with E-state index in [2.05, 4.69) is 32.4 Å². The number of benzene rings is 2. The van der Waals surface area contributed by atoms with Crippen LogP contribution in [-0.4, -0.2) is 11.0 Å². The predicted molar refractivity (Wildman–Crippen MR) is 132 cm³/mol. The third-order valence-electron chi connectivity index (χ3n) is 4.99. The molecule has 5 nitrogen and oxygen atoms in total. The molecule has 0 radical (unpaired) electrons. The number of pyridine rings is 1. The zero-order chi connectivity index (χ0) is 22.1. The van der Waals surface area contributed by atoms with E-state index >= 15 is 0 Å². The van der Waals surface area contributed by atoms with Crippen LogP contribution in [0.3, 0.4) is 0 Å². The van der Waals surface area contributed by atoms with Gasteiger partial charge < -0.3 is 16.4 Å². The molecule has 3 heterocycles. The van der Waals surface area contributed by atoms with Crippen molar-refractivity contribution in [1.29, 1.82) is 0 Å². The van der Waals surface area contributed by atoms with Crippen molar-refractivity contribution < 1.29 is 9.18 Å². The van der Waals surface area contributed by atoms with E-state index < -0.39 is 11.8 Å². The fourth-order valence-electron chi connectivity index (χ4n) is 3.50. The van der Waals surface area contributed by atoms with Crippen LogP contribution in [0.4, 0.5) is 26.4 Å². The second-order valence-corrected chi connectivity index (χ2v) is 8.75. The van der Waals surface area contributed by atoms with Crippen molar-refractivity contribution in [3.8, 4) is 22.3 Å². The quantitative estimate of drug-likeness (QED) is 0.269. The number of carbonyl (C=O) groups excluding carboxylic acids is 1. The number of hydrogen-bond donors (Lipinski definition) is 3. The molecule has 0 spiro atoms. The molecule has 8 heteroatoms. The number of amides is 2. The largest absolute Gasteiger partial charge is 0.383 e. The molecular formula is C24H17FN4OS2. The molecule has 5 aromatic rings. The van der Waals surface area contributed by atoms with E-state index in [-0.39, 0.29) is 0 Å². The van der Waals surface area contributed by atoms with Gasteiger partial charge in [-0.1, -0.05) is 18.2 Å². The highest BCUT2D eigenvalue weighted by Gasteiger charge is 2.15. The lowest BCUT2D eigenvalue weighted by molar-refractivity contribution is 0.262. The number of rotatable bonds is 4. The lowest BCUT2D eigenvalue weighted by atomic mass is 10.0. The van der Waals surface area contributed by atoms with Gasteiger partial charge in [-0.15, -0.1) is 11.3 Å². The molecule has 0 fully saturated rings. The highest BCUT2D eigenvalue weighted by Crippen LogP contribution is 2.42. The Morgan fingerprint density at radius 1 is 0.938 bits per heavy atom. The molecule has 2 amide bonds. The number of thiophene rings is 2. The fourth-order valence-corrected chi connectivity index (χ4v) is 5.27. The van der Waals surface area contributed by atoms with E-state index in [9.17, 15) is 9.18 Å². The van der Waals surface area contributed by atoms with Crippen molar-refractivity contribution in [2.24, 2.45) is 0 Å². The molecule has 0 saturated carbocycles. The number of hydrogen-bond acceptors (Lipinski definition) is 5. The SMILES string of the molecule is Nc1ncc(-c2ccsc2)c2scc(-c3ccc(NC(=O)Nc4cccc(F)c4)cc3)c12. The van der Waals surface area contributed by atoms with Crippen LogP contribution >= 0.6 is 22.7 Å². The molecule has 0 bridgehead atoms. The van der Waals surface area contributed by atoms with Gasteiger partial charge in [-0.25, -0.2) is 14.2 Å². The number of aromatic nitrogens is 1. The maximum Gasteiger partial charge on any atom is 0.323 e. The summed E-state index contributed by atoms with van der Waals surface area (Å²) in [5.74, 6) is 0.0814. The maximum atomic E-state index is 13.3. The van der Waals surface area contributed by atoms with Crippen molar-refractivity contribution in [2.45, 2.75) is 0 Å². The van der Waals surface area contributed by atoms with Crippen LogP contribution in [0, 0.1) is 5.82 Å². The van der Waals surface area contributed by atoms with Crippen LogP contribution in [0.1, 0.15) is 0 Å². The topological polar surface area (TPSA) is 80.0 Å². The zero-order valence-corrected chi connectivity index (χ0v) is 18.3. The Balaban J connectivity index is 1.39. The third-order valence-corrected chi connectivity index (χ3v) is 6.69. The van der Waals surface area contributed by atoms with Gasteiger partial charge in [-0.05, 0) is 63.7 Å². The molecule has 0 atom stereocenters. The van der Waals surface area contributed by atoms with Gasteiger partial charge in [0.1, 0.15) is 11.6 Å². The van der Waals surface area contributed by atoms with E-state index in [1.807, 2.05) is 35.8 Å². The fraction of sp³-hybridized carbons (Fsp3) is 0. The highest BCUT2D eigenvalue weighted by atomic mass is 32.1. The minimum atomic E-state index is -0.446. The Hall–Kier alpha value is -3.75. The van der Waals surface area contributed by atoms with E-state index in [1.54, 1.807) is 28.7 Å². The summed E-state index contributed by atoms with van der Waals surface area (Å²) in [6.45, 7) is 0. The standard InChI is InChI=1S/C24H17FN4OS2/c25-16-2-1-3-18(10-16)29-24(30)28-17-6-4-14(5-7-17)20-13-32-22-19(15-8-9-31-12-15)11-27-23(26)21(20)22/h1-13H,(H2,26,27)(H2,28,29,30). The van der Waals surface area contributed by atoms with Gasteiger partial charge in [0.2, 0.25) is 0 Å². The molecule has 0 saturated heterocycles. The number of fused-ring (bicyclic) bond motifs is 1. The number of halogens is 1. The number of carbonyl (C=O) groups is 1. The van der Waals surface area contributed by atoms with E-state index in [1.165, 1.54) is 18.2 Å². The van der Waals surface area contributed by atoms with Crippen LogP contribution in [0.25, 0.3) is 32.3 Å². The lowest BCUT2D eigenvalue weighted by Crippen LogP contribution is -2.19. The summed E-state index contributed by atoms with van der Waals surface area (Å²) in [6.07, 6.45) is 1.82. The first-order valence-corrected chi connectivity index (χ1v) is 11.5. The third kappa shape index (κ3) is 3.93. The van der Waals surface area contributed by atoms with Crippen molar-refractivity contribution in [3.63, 3.8) is 0 Å². The maximum absolute atomic E-state index is 13.3. The van der Waals surface area contributed by atoms with E-state index in [0.29, 0.717) is 17.2 Å². The molecule has 158 valence electrons. The smallest absolute Gasteiger partial charge is 0.323 e. The van der Waals surface area contributed by atoms with Gasteiger partial charge in [0, 0.05) is 38.8 Å². The monoisotopic (exact) mass is 460 g/mol. The summed E-state index contributed by atoms with van der Waals surface area (Å²) in [7, 11) is 0. The molecule has 4 N–H and O–H groups in total. The first-order chi connectivity index (χ1) is 15.6. The number of nitrogen functional groups attached to an aromatic ring is 1. The summed E-state index contributed by atoms with van der Waals surface area (Å²) < 4.78 is 14.4. The average Bonchev–Trinajstić information content (AvgIpc) is 3.45. The van der Waals surface area contributed by atoms with Crippen LogP contribution in [-0.2, 0) is 0 Å². The van der Waals surface area contributed by atoms with E-state index in [0.717, 1.165) is 32.3 Å². The van der Waals surface area contributed by atoms with Gasteiger partial charge in [0.05, 0.1) is 0 Å². The van der Waals surface area contributed by atoms with Gasteiger partial charge in [0.25, 0.3) is 0 Å². The summed E-state index contributed by atoms with van der Waals surface area (Å²) in [4.78, 5) is 16.6. The van der Waals surface area contributed by atoms with Crippen LogP contribution < -0.4 is 16.4 Å². The second kappa shape index (κ2) is 8.41. The first kappa shape index (κ1) is 20.2. The van der Waals surface area contributed by atoms with Gasteiger partial charge in [0.15, 0.2) is 0 Å².